The normalized spacial score (nSPS) is 21.9. The molecule has 1 fully saturated rings. The van der Waals surface area contributed by atoms with Crippen LogP contribution in [-0.2, 0) is 19.1 Å². The molecule has 0 radical (unpaired) electrons. The van der Waals surface area contributed by atoms with Gasteiger partial charge in [0.2, 0.25) is 11.8 Å². The number of nitrogens with zero attached hydrogens (tertiary/aromatic N) is 2. The van der Waals surface area contributed by atoms with Crippen molar-refractivity contribution in [3.63, 3.8) is 0 Å². The van der Waals surface area contributed by atoms with Crippen molar-refractivity contribution in [2.75, 3.05) is 27.2 Å². The minimum absolute atomic E-state index is 0.0610. The summed E-state index contributed by atoms with van der Waals surface area (Å²) in [5.41, 5.74) is 0.477. The van der Waals surface area contributed by atoms with Crippen LogP contribution in [0.5, 0.6) is 0 Å². The fraction of sp³-hybridized carbons (Fsp3) is 0.800. The zero-order chi connectivity index (χ0) is 24.6. The van der Waals surface area contributed by atoms with Gasteiger partial charge in [0.25, 0.3) is 0 Å². The van der Waals surface area contributed by atoms with Crippen LogP contribution in [0.2, 0.25) is 0 Å². The van der Waals surface area contributed by atoms with Gasteiger partial charge in [-0.1, -0.05) is 47.1 Å². The second-order valence-electron chi connectivity index (χ2n) is 9.79. The SMILES string of the molecule is CCOC(=O)/C(C)=C/[C@H](C(C)C)N(C)C(=O)C(NC(=O)[C@@H]1CC[C@H](CC)CN1C)C(C)C. The number of carbonyl (C=O) groups is 3. The smallest absolute Gasteiger partial charge is 0.333 e. The van der Waals surface area contributed by atoms with Crippen molar-refractivity contribution in [2.45, 2.75) is 85.9 Å². The third kappa shape index (κ3) is 7.61. The third-order valence-corrected chi connectivity index (χ3v) is 6.53. The van der Waals surface area contributed by atoms with Crippen LogP contribution in [0.3, 0.4) is 0 Å². The predicted octanol–water partition coefficient (Wildman–Crippen LogP) is 3.24. The van der Waals surface area contributed by atoms with Crippen molar-refractivity contribution in [1.29, 1.82) is 0 Å². The summed E-state index contributed by atoms with van der Waals surface area (Å²) in [6, 6.07) is -1.11. The number of likely N-dealkylation sites (tertiary alicyclic amines) is 1. The van der Waals surface area contributed by atoms with E-state index in [1.807, 2.05) is 34.7 Å². The number of hydrogen-bond acceptors (Lipinski definition) is 5. The van der Waals surface area contributed by atoms with Crippen LogP contribution < -0.4 is 5.32 Å². The van der Waals surface area contributed by atoms with Gasteiger partial charge in [-0.15, -0.1) is 0 Å². The Morgan fingerprint density at radius 3 is 2.22 bits per heavy atom. The van der Waals surface area contributed by atoms with Crippen molar-refractivity contribution in [1.82, 2.24) is 15.1 Å². The van der Waals surface area contributed by atoms with E-state index in [9.17, 15) is 14.4 Å². The van der Waals surface area contributed by atoms with Crippen molar-refractivity contribution >= 4 is 17.8 Å². The fourth-order valence-electron chi connectivity index (χ4n) is 4.35. The molecule has 0 bridgehead atoms. The van der Waals surface area contributed by atoms with E-state index in [1.54, 1.807) is 31.9 Å². The van der Waals surface area contributed by atoms with Gasteiger partial charge in [-0.3, -0.25) is 14.5 Å². The summed E-state index contributed by atoms with van der Waals surface area (Å²) < 4.78 is 5.08. The Morgan fingerprint density at radius 1 is 1.12 bits per heavy atom. The van der Waals surface area contributed by atoms with E-state index in [0.29, 0.717) is 18.1 Å². The molecule has 32 heavy (non-hydrogen) atoms. The van der Waals surface area contributed by atoms with E-state index in [2.05, 4.69) is 17.1 Å². The summed E-state index contributed by atoms with van der Waals surface area (Å²) in [6.45, 7) is 14.8. The third-order valence-electron chi connectivity index (χ3n) is 6.53. The monoisotopic (exact) mass is 451 g/mol. The molecule has 0 aromatic rings. The molecule has 1 N–H and O–H groups in total. The van der Waals surface area contributed by atoms with Crippen LogP contribution >= 0.6 is 0 Å². The Labute approximate surface area is 194 Å². The zero-order valence-electron chi connectivity index (χ0n) is 21.6. The van der Waals surface area contributed by atoms with Crippen LogP contribution in [0, 0.1) is 17.8 Å². The zero-order valence-corrected chi connectivity index (χ0v) is 21.6. The highest BCUT2D eigenvalue weighted by Gasteiger charge is 2.35. The average Bonchev–Trinajstić information content (AvgIpc) is 2.73. The predicted molar refractivity (Wildman–Crippen MR) is 128 cm³/mol. The molecule has 1 aliphatic heterocycles. The summed E-state index contributed by atoms with van der Waals surface area (Å²) in [6.07, 6.45) is 4.75. The lowest BCUT2D eigenvalue weighted by molar-refractivity contribution is -0.140. The molecule has 1 aliphatic rings. The van der Waals surface area contributed by atoms with E-state index in [4.69, 9.17) is 4.74 Å². The highest BCUT2D eigenvalue weighted by molar-refractivity contribution is 5.91. The summed E-state index contributed by atoms with van der Waals surface area (Å²) in [5, 5.41) is 3.04. The van der Waals surface area contributed by atoms with Gasteiger partial charge in [0, 0.05) is 19.2 Å². The van der Waals surface area contributed by atoms with Gasteiger partial charge >= 0.3 is 5.97 Å². The number of rotatable bonds is 10. The molecular weight excluding hydrogens is 406 g/mol. The molecule has 1 heterocycles. The molecule has 7 heteroatoms. The summed E-state index contributed by atoms with van der Waals surface area (Å²) in [5.74, 6) is 0.0468. The number of amides is 2. The van der Waals surface area contributed by atoms with Gasteiger partial charge in [0.15, 0.2) is 0 Å². The van der Waals surface area contributed by atoms with Crippen molar-refractivity contribution in [3.8, 4) is 0 Å². The number of hydrogen-bond donors (Lipinski definition) is 1. The lowest BCUT2D eigenvalue weighted by atomic mass is 9.90. The molecule has 0 aromatic heterocycles. The highest BCUT2D eigenvalue weighted by atomic mass is 16.5. The Hall–Kier alpha value is -1.89. The standard InChI is InChI=1S/C25H45N3O4/c1-10-19-12-13-20(27(8)15-19)23(29)26-22(17(5)6)24(30)28(9)21(16(3)4)14-18(7)25(31)32-11-2/h14,16-17,19-22H,10-13,15H2,1-9H3,(H,26,29)/b18-14+/t19-,20-,21+,22?/m0/s1. The van der Waals surface area contributed by atoms with Crippen LogP contribution in [0.4, 0.5) is 0 Å². The molecule has 1 unspecified atom stereocenters. The number of carbonyl (C=O) groups excluding carboxylic acids is 3. The molecule has 7 nitrogen and oxygen atoms in total. The topological polar surface area (TPSA) is 79.0 Å². The molecule has 0 aromatic carbocycles. The summed E-state index contributed by atoms with van der Waals surface area (Å²) >= 11 is 0. The first-order valence-corrected chi connectivity index (χ1v) is 12.1. The molecule has 4 atom stereocenters. The maximum Gasteiger partial charge on any atom is 0.333 e. The largest absolute Gasteiger partial charge is 0.463 e. The van der Waals surface area contributed by atoms with Gasteiger partial charge in [-0.2, -0.15) is 0 Å². The molecule has 2 amide bonds. The van der Waals surface area contributed by atoms with Gasteiger partial charge in [0.1, 0.15) is 6.04 Å². The second-order valence-corrected chi connectivity index (χ2v) is 9.79. The Kier molecular flexibility index (Phi) is 11.4. The number of nitrogens with one attached hydrogen (secondary N) is 1. The molecule has 0 saturated carbocycles. The highest BCUT2D eigenvalue weighted by Crippen LogP contribution is 2.24. The van der Waals surface area contributed by atoms with Gasteiger partial charge in [-0.25, -0.2) is 4.79 Å². The summed E-state index contributed by atoms with van der Waals surface area (Å²) in [4.78, 5) is 42.4. The van der Waals surface area contributed by atoms with E-state index in [0.717, 1.165) is 25.8 Å². The number of likely N-dealkylation sites (N-methyl/N-ethyl adjacent to an activating group) is 2. The first-order chi connectivity index (χ1) is 14.9. The van der Waals surface area contributed by atoms with Gasteiger partial charge < -0.3 is 15.0 Å². The number of ether oxygens (including phenoxy) is 1. The quantitative estimate of drug-likeness (QED) is 0.407. The molecule has 184 valence electrons. The lowest BCUT2D eigenvalue weighted by Crippen LogP contribution is -2.58. The van der Waals surface area contributed by atoms with Gasteiger partial charge in [-0.05, 0) is 51.5 Å². The molecule has 1 saturated heterocycles. The van der Waals surface area contributed by atoms with Crippen LogP contribution in [0.25, 0.3) is 0 Å². The van der Waals surface area contributed by atoms with Crippen LogP contribution in [0.15, 0.2) is 11.6 Å². The summed E-state index contributed by atoms with van der Waals surface area (Å²) in [7, 11) is 3.73. The van der Waals surface area contributed by atoms with Gasteiger partial charge in [0.05, 0.1) is 18.7 Å². The van der Waals surface area contributed by atoms with Crippen molar-refractivity contribution < 1.29 is 19.1 Å². The fourth-order valence-corrected chi connectivity index (χ4v) is 4.35. The maximum atomic E-state index is 13.5. The minimum Gasteiger partial charge on any atom is -0.463 e. The molecule has 0 aliphatic carbocycles. The average molecular weight is 452 g/mol. The van der Waals surface area contributed by atoms with E-state index < -0.39 is 6.04 Å². The Balaban J connectivity index is 2.99. The maximum absolute atomic E-state index is 13.5. The number of esters is 1. The van der Waals surface area contributed by atoms with E-state index in [-0.39, 0.29) is 41.7 Å². The van der Waals surface area contributed by atoms with Crippen molar-refractivity contribution in [3.05, 3.63) is 11.6 Å². The molecule has 0 spiro atoms. The lowest BCUT2D eigenvalue weighted by Gasteiger charge is -2.38. The minimum atomic E-state index is -0.623. The van der Waals surface area contributed by atoms with E-state index >= 15 is 0 Å². The van der Waals surface area contributed by atoms with Crippen molar-refractivity contribution in [2.24, 2.45) is 17.8 Å². The van der Waals surface area contributed by atoms with Crippen LogP contribution in [-0.4, -0.2) is 73.0 Å². The van der Waals surface area contributed by atoms with E-state index in [1.165, 1.54) is 0 Å². The number of piperidine rings is 1. The first kappa shape index (κ1) is 28.1. The Morgan fingerprint density at radius 2 is 1.75 bits per heavy atom. The molecule has 1 rings (SSSR count). The first-order valence-electron chi connectivity index (χ1n) is 12.1. The van der Waals surface area contributed by atoms with Crippen LogP contribution in [0.1, 0.15) is 67.7 Å². The second kappa shape index (κ2) is 13.0. The molecular formula is C25H45N3O4. The Bertz CT molecular complexity index is 674.